The maximum absolute atomic E-state index is 4.28. The van der Waals surface area contributed by atoms with Crippen LogP contribution in [0.1, 0.15) is 0 Å². The number of hydrogen-bond donors (Lipinski definition) is 0. The molecular weight excluding hydrogens is 166 g/mol. The van der Waals surface area contributed by atoms with E-state index in [9.17, 15) is 0 Å². The molecule has 1 aliphatic heterocycles. The smallest absolute Gasteiger partial charge is 0.165 e. The fourth-order valence-electron chi connectivity index (χ4n) is 1.43. The van der Waals surface area contributed by atoms with Gasteiger partial charge in [0.15, 0.2) is 17.0 Å². The fraction of sp³-hybridized carbons (Fsp3) is 0.375. The minimum Gasteiger partial charge on any atom is -0.351 e. The Morgan fingerprint density at radius 2 is 2.08 bits per heavy atom. The highest BCUT2D eigenvalue weighted by Gasteiger charge is 2.23. The van der Waals surface area contributed by atoms with Crippen LogP contribution in [0.25, 0.3) is 11.2 Å². The van der Waals surface area contributed by atoms with Crippen molar-refractivity contribution in [2.45, 2.75) is 0 Å². The Balaban J connectivity index is 2.33. The van der Waals surface area contributed by atoms with E-state index in [-0.39, 0.29) is 0 Å². The molecule has 5 nitrogen and oxygen atoms in total. The minimum absolute atomic E-state index is 0.900. The second kappa shape index (κ2) is 2.18. The molecular formula is C8H9N5. The van der Waals surface area contributed by atoms with Crippen molar-refractivity contribution in [3.63, 3.8) is 0 Å². The Morgan fingerprint density at radius 3 is 2.85 bits per heavy atom. The number of aromatic nitrogens is 4. The van der Waals surface area contributed by atoms with Gasteiger partial charge < -0.3 is 9.47 Å². The van der Waals surface area contributed by atoms with Crippen molar-refractivity contribution in [2.75, 3.05) is 18.0 Å². The van der Waals surface area contributed by atoms with Crippen LogP contribution in [0.15, 0.2) is 12.7 Å². The van der Waals surface area contributed by atoms with E-state index in [1.165, 1.54) is 0 Å². The van der Waals surface area contributed by atoms with Gasteiger partial charge in [-0.2, -0.15) is 0 Å². The molecule has 13 heavy (non-hydrogen) atoms. The van der Waals surface area contributed by atoms with Crippen molar-refractivity contribution >= 4 is 17.0 Å². The lowest BCUT2D eigenvalue weighted by Crippen LogP contribution is -1.97. The normalized spacial score (nSPS) is 15.3. The molecule has 1 aliphatic rings. The lowest BCUT2D eigenvalue weighted by atomic mass is 10.5. The van der Waals surface area contributed by atoms with E-state index < -0.39 is 0 Å². The second-order valence-electron chi connectivity index (χ2n) is 3.21. The average Bonchev–Trinajstić information content (AvgIpc) is 2.92. The molecule has 0 bridgehead atoms. The Morgan fingerprint density at radius 1 is 1.23 bits per heavy atom. The van der Waals surface area contributed by atoms with Gasteiger partial charge in [0.2, 0.25) is 0 Å². The van der Waals surface area contributed by atoms with Crippen molar-refractivity contribution in [3.8, 4) is 0 Å². The standard InChI is InChI=1S/C8H9N5/c1-12-5-11-6-7(12)9-4-10-8(6)13-2-3-13/h4-5H,2-3H2,1H3. The van der Waals surface area contributed by atoms with E-state index >= 15 is 0 Å². The van der Waals surface area contributed by atoms with Gasteiger partial charge in [-0.1, -0.05) is 0 Å². The predicted octanol–water partition coefficient (Wildman–Crippen LogP) is 0.183. The fourth-order valence-corrected chi connectivity index (χ4v) is 1.43. The van der Waals surface area contributed by atoms with Crippen LogP contribution in [-0.2, 0) is 7.05 Å². The first-order valence-electron chi connectivity index (χ1n) is 4.23. The molecule has 0 saturated carbocycles. The highest BCUT2D eigenvalue weighted by molar-refractivity contribution is 5.84. The summed E-state index contributed by atoms with van der Waals surface area (Å²) >= 11 is 0. The molecule has 2 aromatic heterocycles. The predicted molar refractivity (Wildman–Crippen MR) is 48.5 cm³/mol. The monoisotopic (exact) mass is 175 g/mol. The maximum Gasteiger partial charge on any atom is 0.165 e. The van der Waals surface area contributed by atoms with E-state index in [0.29, 0.717) is 0 Å². The van der Waals surface area contributed by atoms with Crippen LogP contribution in [0.2, 0.25) is 0 Å². The Bertz CT molecular complexity index is 457. The third-order valence-electron chi connectivity index (χ3n) is 2.22. The van der Waals surface area contributed by atoms with Gasteiger partial charge in [-0.15, -0.1) is 0 Å². The molecule has 66 valence electrons. The zero-order valence-electron chi connectivity index (χ0n) is 7.30. The molecule has 1 fully saturated rings. The quantitative estimate of drug-likeness (QED) is 0.580. The Labute approximate surface area is 75.0 Å². The van der Waals surface area contributed by atoms with Gasteiger partial charge >= 0.3 is 0 Å². The van der Waals surface area contributed by atoms with Crippen LogP contribution >= 0.6 is 0 Å². The molecule has 0 aromatic carbocycles. The Hall–Kier alpha value is -1.65. The summed E-state index contributed by atoms with van der Waals surface area (Å²) in [4.78, 5) is 14.8. The molecule has 0 atom stereocenters. The SMILES string of the molecule is Cn1cnc2c(N3CC3)ncnc21. The number of fused-ring (bicyclic) bond motifs is 1. The van der Waals surface area contributed by atoms with Gasteiger partial charge in [0.1, 0.15) is 6.33 Å². The number of rotatable bonds is 1. The van der Waals surface area contributed by atoms with Crippen molar-refractivity contribution in [3.05, 3.63) is 12.7 Å². The molecule has 3 heterocycles. The second-order valence-corrected chi connectivity index (χ2v) is 3.21. The van der Waals surface area contributed by atoms with Crippen LogP contribution < -0.4 is 4.90 Å². The summed E-state index contributed by atoms with van der Waals surface area (Å²) in [5, 5.41) is 0. The summed E-state index contributed by atoms with van der Waals surface area (Å²) in [7, 11) is 1.94. The topological polar surface area (TPSA) is 46.6 Å². The number of hydrogen-bond acceptors (Lipinski definition) is 4. The van der Waals surface area contributed by atoms with Crippen LogP contribution in [-0.4, -0.2) is 32.6 Å². The number of nitrogens with zero attached hydrogens (tertiary/aromatic N) is 5. The van der Waals surface area contributed by atoms with E-state index in [2.05, 4.69) is 19.9 Å². The zero-order valence-corrected chi connectivity index (χ0v) is 7.30. The zero-order chi connectivity index (χ0) is 8.84. The lowest BCUT2D eigenvalue weighted by molar-refractivity contribution is 0.928. The molecule has 0 aliphatic carbocycles. The van der Waals surface area contributed by atoms with E-state index in [1.807, 2.05) is 11.6 Å². The van der Waals surface area contributed by atoms with Gasteiger partial charge in [-0.05, 0) is 0 Å². The summed E-state index contributed by atoms with van der Waals surface area (Å²) < 4.78 is 1.91. The summed E-state index contributed by atoms with van der Waals surface area (Å²) in [6.45, 7) is 2.17. The van der Waals surface area contributed by atoms with Gasteiger partial charge in [0, 0.05) is 20.1 Å². The molecule has 2 aromatic rings. The summed E-state index contributed by atoms with van der Waals surface area (Å²) in [6.07, 6.45) is 3.37. The van der Waals surface area contributed by atoms with Crippen LogP contribution in [0.3, 0.4) is 0 Å². The average molecular weight is 175 g/mol. The van der Waals surface area contributed by atoms with E-state index in [1.54, 1.807) is 12.7 Å². The Kier molecular flexibility index (Phi) is 1.15. The summed E-state index contributed by atoms with van der Waals surface area (Å²) in [5.74, 6) is 0.964. The van der Waals surface area contributed by atoms with Crippen molar-refractivity contribution < 1.29 is 0 Å². The molecule has 0 N–H and O–H groups in total. The third-order valence-corrected chi connectivity index (χ3v) is 2.22. The number of imidazole rings is 1. The maximum atomic E-state index is 4.28. The van der Waals surface area contributed by atoms with Gasteiger partial charge in [-0.25, -0.2) is 15.0 Å². The number of anilines is 1. The van der Waals surface area contributed by atoms with Crippen LogP contribution in [0, 0.1) is 0 Å². The van der Waals surface area contributed by atoms with Crippen molar-refractivity contribution in [1.82, 2.24) is 19.5 Å². The molecule has 0 spiro atoms. The molecule has 1 saturated heterocycles. The highest BCUT2D eigenvalue weighted by Crippen LogP contribution is 2.24. The molecule has 0 unspecified atom stereocenters. The third kappa shape index (κ3) is 0.898. The largest absolute Gasteiger partial charge is 0.351 e. The molecule has 0 radical (unpaired) electrons. The van der Waals surface area contributed by atoms with Crippen molar-refractivity contribution in [2.24, 2.45) is 7.05 Å². The van der Waals surface area contributed by atoms with Gasteiger partial charge in [0.25, 0.3) is 0 Å². The van der Waals surface area contributed by atoms with Gasteiger partial charge in [-0.3, -0.25) is 0 Å². The van der Waals surface area contributed by atoms with Crippen LogP contribution in [0.4, 0.5) is 5.82 Å². The summed E-state index contributed by atoms with van der Waals surface area (Å²) in [5.41, 5.74) is 1.81. The van der Waals surface area contributed by atoms with Gasteiger partial charge in [0.05, 0.1) is 6.33 Å². The van der Waals surface area contributed by atoms with Crippen molar-refractivity contribution in [1.29, 1.82) is 0 Å². The molecule has 0 amide bonds. The first-order chi connectivity index (χ1) is 6.36. The first kappa shape index (κ1) is 6.82. The highest BCUT2D eigenvalue weighted by atomic mass is 15.3. The lowest BCUT2D eigenvalue weighted by Gasteiger charge is -2.00. The van der Waals surface area contributed by atoms with Crippen LogP contribution in [0.5, 0.6) is 0 Å². The molecule has 5 heteroatoms. The number of aryl methyl sites for hydroxylation is 1. The molecule has 3 rings (SSSR count). The first-order valence-corrected chi connectivity index (χ1v) is 4.23. The minimum atomic E-state index is 0.900. The van der Waals surface area contributed by atoms with E-state index in [0.717, 1.165) is 30.1 Å². The summed E-state index contributed by atoms with van der Waals surface area (Å²) in [6, 6.07) is 0. The van der Waals surface area contributed by atoms with E-state index in [4.69, 9.17) is 0 Å².